The van der Waals surface area contributed by atoms with Crippen molar-refractivity contribution in [3.05, 3.63) is 56.2 Å². The molecule has 2 rings (SSSR count). The molecule has 0 spiro atoms. The van der Waals surface area contributed by atoms with Gasteiger partial charge in [-0.25, -0.2) is 4.99 Å². The predicted octanol–water partition coefficient (Wildman–Crippen LogP) is 4.43. The molecule has 1 heterocycles. The second kappa shape index (κ2) is 13.2. The molecule has 0 aliphatic carbocycles. The quantitative estimate of drug-likeness (QED) is 0.220. The van der Waals surface area contributed by atoms with Crippen LogP contribution in [0.5, 0.6) is 0 Å². The third-order valence-corrected chi connectivity index (χ3v) is 5.28. The fourth-order valence-corrected chi connectivity index (χ4v) is 3.40. The van der Waals surface area contributed by atoms with E-state index in [1.807, 2.05) is 23.6 Å². The number of guanidine groups is 1. The van der Waals surface area contributed by atoms with E-state index in [2.05, 4.69) is 21.7 Å². The number of halogens is 3. The second-order valence-electron chi connectivity index (χ2n) is 6.15. The number of hydrogen-bond donors (Lipinski definition) is 2. The zero-order valence-electron chi connectivity index (χ0n) is 15.9. The zero-order chi connectivity index (χ0) is 19.6. The van der Waals surface area contributed by atoms with Crippen LogP contribution in [0.25, 0.3) is 0 Å². The maximum absolute atomic E-state index is 11.8. The number of hydrogen-bond acceptors (Lipinski definition) is 3. The number of aryl methyl sites for hydroxylation is 1. The molecule has 0 fully saturated rings. The van der Waals surface area contributed by atoms with Crippen LogP contribution in [0.3, 0.4) is 0 Å². The summed E-state index contributed by atoms with van der Waals surface area (Å²) < 4.78 is 0. The molecule has 0 saturated carbocycles. The van der Waals surface area contributed by atoms with Gasteiger partial charge in [-0.2, -0.15) is 0 Å². The Hall–Kier alpha value is -1.03. The van der Waals surface area contributed by atoms with Crippen LogP contribution in [0.2, 0.25) is 10.0 Å². The summed E-state index contributed by atoms with van der Waals surface area (Å²) in [5.41, 5.74) is 1.07. The number of carbonyl (C=O) groups excluding carboxylic acids is 1. The summed E-state index contributed by atoms with van der Waals surface area (Å²) in [4.78, 5) is 18.9. The topological polar surface area (TPSA) is 56.7 Å². The molecular formula is C19H25Cl2IN4OS. The standard InChI is InChI=1S/C19H24Cl2N4OS.HI/c1-25(2)18(26)13-24-19(23-12-16-6-4-10-27-16)22-9-3-5-14-7-8-15(20)11-17(14)21;/h4,6-8,10-11H,3,5,9,12-13H2,1-2H3,(H2,22,23,24);1H. The summed E-state index contributed by atoms with van der Waals surface area (Å²) in [6, 6.07) is 9.62. The molecular weight excluding hydrogens is 530 g/mol. The maximum atomic E-state index is 11.8. The number of nitrogens with zero attached hydrogens (tertiary/aromatic N) is 2. The van der Waals surface area contributed by atoms with Gasteiger partial charge in [-0.15, -0.1) is 35.3 Å². The van der Waals surface area contributed by atoms with E-state index in [9.17, 15) is 4.79 Å². The van der Waals surface area contributed by atoms with E-state index < -0.39 is 0 Å². The van der Waals surface area contributed by atoms with Crippen molar-refractivity contribution in [1.82, 2.24) is 15.5 Å². The van der Waals surface area contributed by atoms with Gasteiger partial charge in [0.2, 0.25) is 5.91 Å². The molecule has 0 unspecified atom stereocenters. The van der Waals surface area contributed by atoms with Crippen LogP contribution in [0.1, 0.15) is 16.9 Å². The van der Waals surface area contributed by atoms with Gasteiger partial charge >= 0.3 is 0 Å². The molecule has 5 nitrogen and oxygen atoms in total. The second-order valence-corrected chi connectivity index (χ2v) is 8.03. The molecule has 0 aliphatic heterocycles. The van der Waals surface area contributed by atoms with Crippen molar-refractivity contribution >= 4 is 70.4 Å². The molecule has 0 radical (unpaired) electrons. The van der Waals surface area contributed by atoms with Gasteiger partial charge in [0.1, 0.15) is 6.54 Å². The predicted molar refractivity (Wildman–Crippen MR) is 130 cm³/mol. The van der Waals surface area contributed by atoms with Crippen molar-refractivity contribution in [2.24, 2.45) is 4.99 Å². The number of carbonyl (C=O) groups is 1. The van der Waals surface area contributed by atoms with E-state index in [1.165, 1.54) is 9.78 Å². The van der Waals surface area contributed by atoms with Crippen LogP contribution < -0.4 is 10.6 Å². The van der Waals surface area contributed by atoms with Crippen LogP contribution in [0, 0.1) is 0 Å². The lowest BCUT2D eigenvalue weighted by atomic mass is 10.1. The number of benzene rings is 1. The number of rotatable bonds is 8. The maximum Gasteiger partial charge on any atom is 0.243 e. The molecule has 2 N–H and O–H groups in total. The lowest BCUT2D eigenvalue weighted by Crippen LogP contribution is -2.38. The Bertz CT molecular complexity index is 769. The Kier molecular flexibility index (Phi) is 11.8. The Labute approximate surface area is 197 Å². The van der Waals surface area contributed by atoms with Crippen molar-refractivity contribution in [3.63, 3.8) is 0 Å². The van der Waals surface area contributed by atoms with Crippen molar-refractivity contribution in [1.29, 1.82) is 0 Å². The van der Waals surface area contributed by atoms with Gasteiger partial charge in [0.25, 0.3) is 0 Å². The number of nitrogens with one attached hydrogen (secondary N) is 2. The van der Waals surface area contributed by atoms with Crippen LogP contribution >= 0.6 is 58.5 Å². The molecule has 9 heteroatoms. The summed E-state index contributed by atoms with van der Waals surface area (Å²) >= 11 is 13.8. The SMILES string of the molecule is CN(C)C(=O)CN=C(NCCCc1ccc(Cl)cc1Cl)NCc1cccs1.I. The van der Waals surface area contributed by atoms with Gasteiger partial charge in [-0.05, 0) is 42.0 Å². The highest BCUT2D eigenvalue weighted by molar-refractivity contribution is 14.0. The van der Waals surface area contributed by atoms with E-state index >= 15 is 0 Å². The highest BCUT2D eigenvalue weighted by atomic mass is 127. The third-order valence-electron chi connectivity index (χ3n) is 3.81. The highest BCUT2D eigenvalue weighted by Gasteiger charge is 2.06. The zero-order valence-corrected chi connectivity index (χ0v) is 20.5. The Morgan fingerprint density at radius 2 is 2.00 bits per heavy atom. The minimum atomic E-state index is -0.0415. The van der Waals surface area contributed by atoms with Crippen LogP contribution in [-0.4, -0.2) is 44.0 Å². The summed E-state index contributed by atoms with van der Waals surface area (Å²) in [5, 5.41) is 9.91. The summed E-state index contributed by atoms with van der Waals surface area (Å²) in [5.74, 6) is 0.584. The van der Waals surface area contributed by atoms with E-state index in [-0.39, 0.29) is 36.4 Å². The summed E-state index contributed by atoms with van der Waals surface area (Å²) in [6.07, 6.45) is 1.71. The van der Waals surface area contributed by atoms with E-state index in [1.54, 1.807) is 31.5 Å². The van der Waals surface area contributed by atoms with Crippen molar-refractivity contribution in [3.8, 4) is 0 Å². The molecule has 0 atom stereocenters. The average molecular weight is 555 g/mol. The molecule has 28 heavy (non-hydrogen) atoms. The van der Waals surface area contributed by atoms with Gasteiger partial charge in [0, 0.05) is 35.6 Å². The molecule has 2 aromatic rings. The van der Waals surface area contributed by atoms with Crippen molar-refractivity contribution in [2.75, 3.05) is 27.2 Å². The lowest BCUT2D eigenvalue weighted by molar-refractivity contribution is -0.127. The highest BCUT2D eigenvalue weighted by Crippen LogP contribution is 2.21. The summed E-state index contributed by atoms with van der Waals surface area (Å²) in [7, 11) is 3.44. The van der Waals surface area contributed by atoms with Gasteiger partial charge in [-0.3, -0.25) is 4.79 Å². The van der Waals surface area contributed by atoms with Crippen LogP contribution in [0.15, 0.2) is 40.7 Å². The Balaban J connectivity index is 0.00000392. The monoisotopic (exact) mass is 554 g/mol. The summed E-state index contributed by atoms with van der Waals surface area (Å²) in [6.45, 7) is 1.49. The molecule has 0 saturated heterocycles. The molecule has 154 valence electrons. The number of thiophene rings is 1. The largest absolute Gasteiger partial charge is 0.356 e. The number of aliphatic imine (C=N–C) groups is 1. The van der Waals surface area contributed by atoms with Crippen molar-refractivity contribution < 1.29 is 4.79 Å². The van der Waals surface area contributed by atoms with Crippen LogP contribution in [0.4, 0.5) is 0 Å². The fraction of sp³-hybridized carbons (Fsp3) is 0.368. The number of amides is 1. The number of likely N-dealkylation sites (N-methyl/N-ethyl adjacent to an activating group) is 1. The molecule has 1 aromatic carbocycles. The van der Waals surface area contributed by atoms with Crippen LogP contribution in [-0.2, 0) is 17.8 Å². The fourth-order valence-electron chi connectivity index (χ4n) is 2.26. The minimum Gasteiger partial charge on any atom is -0.356 e. The first-order chi connectivity index (χ1) is 13.0. The van der Waals surface area contributed by atoms with E-state index in [0.29, 0.717) is 29.1 Å². The smallest absolute Gasteiger partial charge is 0.243 e. The molecule has 1 amide bonds. The van der Waals surface area contributed by atoms with E-state index in [0.717, 1.165) is 18.4 Å². The normalized spacial score (nSPS) is 10.9. The molecule has 0 aliphatic rings. The Morgan fingerprint density at radius 3 is 2.64 bits per heavy atom. The molecule has 0 bridgehead atoms. The Morgan fingerprint density at radius 1 is 1.21 bits per heavy atom. The first kappa shape index (κ1) is 25.0. The van der Waals surface area contributed by atoms with Gasteiger partial charge < -0.3 is 15.5 Å². The third kappa shape index (κ3) is 8.98. The minimum absolute atomic E-state index is 0. The molecule has 1 aromatic heterocycles. The average Bonchev–Trinajstić information content (AvgIpc) is 3.14. The van der Waals surface area contributed by atoms with Gasteiger partial charge in [-0.1, -0.05) is 35.3 Å². The van der Waals surface area contributed by atoms with Gasteiger partial charge in [0.15, 0.2) is 5.96 Å². The first-order valence-corrected chi connectivity index (χ1v) is 10.3. The van der Waals surface area contributed by atoms with E-state index in [4.69, 9.17) is 23.2 Å². The first-order valence-electron chi connectivity index (χ1n) is 8.64. The van der Waals surface area contributed by atoms with Crippen molar-refractivity contribution in [2.45, 2.75) is 19.4 Å². The lowest BCUT2D eigenvalue weighted by Gasteiger charge is -2.13. The van der Waals surface area contributed by atoms with Gasteiger partial charge in [0.05, 0.1) is 6.54 Å².